The van der Waals surface area contributed by atoms with E-state index in [2.05, 4.69) is 17.6 Å². The molecule has 1 heterocycles. The van der Waals surface area contributed by atoms with Crippen molar-refractivity contribution in [3.05, 3.63) is 0 Å². The van der Waals surface area contributed by atoms with E-state index in [-0.39, 0.29) is 5.54 Å². The highest BCUT2D eigenvalue weighted by molar-refractivity contribution is 7.99. The second kappa shape index (κ2) is 11.2. The van der Waals surface area contributed by atoms with E-state index in [1.807, 2.05) is 11.8 Å². The minimum Gasteiger partial charge on any atom is -0.352 e. The average Bonchev–Trinajstić information content (AvgIpc) is 2.49. The van der Waals surface area contributed by atoms with Crippen molar-refractivity contribution in [2.24, 2.45) is 5.73 Å². The Morgan fingerprint density at radius 3 is 2.33 bits per heavy atom. The highest BCUT2D eigenvalue weighted by Crippen LogP contribution is 2.26. The third kappa shape index (κ3) is 8.57. The Bertz CT molecular complexity index is 281. The molecule has 1 fully saturated rings. The number of primary amides is 1. The number of carbonyl (C=O) groups is 1. The van der Waals surface area contributed by atoms with Gasteiger partial charge in [-0.05, 0) is 37.3 Å². The Morgan fingerprint density at radius 1 is 1.10 bits per heavy atom. The summed E-state index contributed by atoms with van der Waals surface area (Å²) in [5.41, 5.74) is 5.29. The van der Waals surface area contributed by atoms with Crippen LogP contribution in [0.1, 0.15) is 64.7 Å². The summed E-state index contributed by atoms with van der Waals surface area (Å²) < 4.78 is 0. The van der Waals surface area contributed by atoms with Gasteiger partial charge in [-0.3, -0.25) is 0 Å². The molecule has 0 radical (unpaired) electrons. The van der Waals surface area contributed by atoms with Crippen LogP contribution in [0, 0.1) is 0 Å². The number of hydrogen-bond acceptors (Lipinski definition) is 3. The molecule has 5 heteroatoms. The molecule has 4 N–H and O–H groups in total. The Hall–Kier alpha value is -0.420. The molecule has 21 heavy (non-hydrogen) atoms. The highest BCUT2D eigenvalue weighted by atomic mass is 32.2. The van der Waals surface area contributed by atoms with E-state index >= 15 is 0 Å². The van der Waals surface area contributed by atoms with Gasteiger partial charge in [0.15, 0.2) is 0 Å². The van der Waals surface area contributed by atoms with Gasteiger partial charge in [-0.1, -0.05) is 45.4 Å². The lowest BCUT2D eigenvalue weighted by molar-refractivity contribution is 0.237. The molecule has 0 aliphatic carbocycles. The predicted octanol–water partition coefficient (Wildman–Crippen LogP) is 3.26. The first-order valence-corrected chi connectivity index (χ1v) is 9.70. The van der Waals surface area contributed by atoms with E-state index < -0.39 is 6.03 Å². The SMILES string of the molecule is CCCCCCCCCNC1(CNC(N)=O)CCSCC1. The summed E-state index contributed by atoms with van der Waals surface area (Å²) in [6, 6.07) is -0.412. The van der Waals surface area contributed by atoms with Crippen molar-refractivity contribution in [2.45, 2.75) is 70.3 Å². The third-order valence-corrected chi connectivity index (χ3v) is 5.32. The van der Waals surface area contributed by atoms with Crippen LogP contribution in [0.25, 0.3) is 0 Å². The van der Waals surface area contributed by atoms with Crippen molar-refractivity contribution < 1.29 is 4.79 Å². The van der Waals surface area contributed by atoms with Gasteiger partial charge in [-0.25, -0.2) is 4.79 Å². The molecule has 1 rings (SSSR count). The molecule has 4 nitrogen and oxygen atoms in total. The number of carbonyl (C=O) groups excluding carboxylic acids is 1. The van der Waals surface area contributed by atoms with Gasteiger partial charge in [0.05, 0.1) is 0 Å². The summed E-state index contributed by atoms with van der Waals surface area (Å²) >= 11 is 2.00. The standard InChI is InChI=1S/C16H33N3OS/c1-2-3-4-5-6-7-8-11-19-16(14-18-15(17)20)9-12-21-13-10-16/h19H,2-14H2,1H3,(H3,17,18,20). The Balaban J connectivity index is 2.16. The molecule has 1 saturated heterocycles. The van der Waals surface area contributed by atoms with Gasteiger partial charge in [-0.2, -0.15) is 11.8 Å². The van der Waals surface area contributed by atoms with Crippen LogP contribution in [-0.4, -0.2) is 36.2 Å². The van der Waals surface area contributed by atoms with Gasteiger partial charge in [0.1, 0.15) is 0 Å². The number of urea groups is 1. The molecule has 1 aliphatic heterocycles. The van der Waals surface area contributed by atoms with Gasteiger partial charge < -0.3 is 16.4 Å². The van der Waals surface area contributed by atoms with Gasteiger partial charge in [0.25, 0.3) is 0 Å². The normalized spacial score (nSPS) is 17.6. The zero-order valence-corrected chi connectivity index (χ0v) is 14.4. The monoisotopic (exact) mass is 315 g/mol. The topological polar surface area (TPSA) is 67.2 Å². The minimum atomic E-state index is -0.412. The quantitative estimate of drug-likeness (QED) is 0.513. The third-order valence-electron chi connectivity index (χ3n) is 4.33. The smallest absolute Gasteiger partial charge is 0.312 e. The molecule has 0 aromatic carbocycles. The Kier molecular flexibility index (Phi) is 9.92. The van der Waals surface area contributed by atoms with Crippen LogP contribution in [0.4, 0.5) is 4.79 Å². The van der Waals surface area contributed by atoms with Crippen LogP contribution < -0.4 is 16.4 Å². The molecular formula is C16H33N3OS. The van der Waals surface area contributed by atoms with E-state index in [4.69, 9.17) is 5.73 Å². The van der Waals surface area contributed by atoms with Crippen LogP contribution in [0.3, 0.4) is 0 Å². The second-order valence-corrected chi connectivity index (χ2v) is 7.38. The Morgan fingerprint density at radius 2 is 1.71 bits per heavy atom. The van der Waals surface area contributed by atoms with E-state index in [0.29, 0.717) is 6.54 Å². The van der Waals surface area contributed by atoms with E-state index in [9.17, 15) is 4.79 Å². The molecule has 124 valence electrons. The maximum atomic E-state index is 11.0. The molecule has 0 spiro atoms. The van der Waals surface area contributed by atoms with Crippen molar-refractivity contribution >= 4 is 17.8 Å². The Labute approximate surface area is 134 Å². The van der Waals surface area contributed by atoms with Gasteiger partial charge in [0, 0.05) is 12.1 Å². The number of amides is 2. The summed E-state index contributed by atoms with van der Waals surface area (Å²) in [5.74, 6) is 2.34. The average molecular weight is 316 g/mol. The second-order valence-electron chi connectivity index (χ2n) is 6.16. The lowest BCUT2D eigenvalue weighted by Crippen LogP contribution is -2.56. The van der Waals surface area contributed by atoms with E-state index in [0.717, 1.165) is 19.4 Å². The first-order chi connectivity index (χ1) is 10.2. The summed E-state index contributed by atoms with van der Waals surface area (Å²) in [7, 11) is 0. The number of unbranched alkanes of at least 4 members (excludes halogenated alkanes) is 6. The van der Waals surface area contributed by atoms with Crippen molar-refractivity contribution in [3.63, 3.8) is 0 Å². The van der Waals surface area contributed by atoms with Crippen LogP contribution >= 0.6 is 11.8 Å². The predicted molar refractivity (Wildman–Crippen MR) is 92.9 cm³/mol. The molecular weight excluding hydrogens is 282 g/mol. The van der Waals surface area contributed by atoms with Gasteiger partial charge in [-0.15, -0.1) is 0 Å². The number of rotatable bonds is 11. The zero-order chi connectivity index (χ0) is 15.4. The maximum absolute atomic E-state index is 11.0. The number of hydrogen-bond donors (Lipinski definition) is 3. The highest BCUT2D eigenvalue weighted by Gasteiger charge is 2.31. The number of thioether (sulfide) groups is 1. The fourth-order valence-corrected chi connectivity index (χ4v) is 4.14. The van der Waals surface area contributed by atoms with Crippen molar-refractivity contribution in [1.82, 2.24) is 10.6 Å². The number of nitrogens with one attached hydrogen (secondary N) is 2. The van der Waals surface area contributed by atoms with Crippen LogP contribution in [0.2, 0.25) is 0 Å². The minimum absolute atomic E-state index is 0.0719. The van der Waals surface area contributed by atoms with Crippen molar-refractivity contribution in [1.29, 1.82) is 0 Å². The maximum Gasteiger partial charge on any atom is 0.312 e. The van der Waals surface area contributed by atoms with Crippen LogP contribution in [-0.2, 0) is 0 Å². The number of nitrogens with two attached hydrogens (primary N) is 1. The molecule has 0 unspecified atom stereocenters. The molecule has 0 aromatic heterocycles. The fourth-order valence-electron chi connectivity index (χ4n) is 2.87. The van der Waals surface area contributed by atoms with Crippen LogP contribution in [0.15, 0.2) is 0 Å². The lowest BCUT2D eigenvalue weighted by atomic mass is 9.91. The molecule has 1 aliphatic rings. The summed E-state index contributed by atoms with van der Waals surface area (Å²) in [4.78, 5) is 11.0. The van der Waals surface area contributed by atoms with Crippen molar-refractivity contribution in [2.75, 3.05) is 24.6 Å². The van der Waals surface area contributed by atoms with E-state index in [1.165, 1.54) is 56.5 Å². The lowest BCUT2D eigenvalue weighted by Gasteiger charge is -2.38. The van der Waals surface area contributed by atoms with Gasteiger partial charge in [0.2, 0.25) is 0 Å². The zero-order valence-electron chi connectivity index (χ0n) is 13.6. The molecule has 0 saturated carbocycles. The summed E-state index contributed by atoms with van der Waals surface area (Å²) in [5, 5.41) is 6.51. The molecule has 2 amide bonds. The first-order valence-electron chi connectivity index (χ1n) is 8.55. The summed E-state index contributed by atoms with van der Waals surface area (Å²) in [6.07, 6.45) is 11.6. The van der Waals surface area contributed by atoms with E-state index in [1.54, 1.807) is 0 Å². The van der Waals surface area contributed by atoms with Crippen LogP contribution in [0.5, 0.6) is 0 Å². The molecule has 0 atom stereocenters. The van der Waals surface area contributed by atoms with Crippen molar-refractivity contribution in [3.8, 4) is 0 Å². The fraction of sp³-hybridized carbons (Fsp3) is 0.938. The first kappa shape index (κ1) is 18.6. The van der Waals surface area contributed by atoms with Gasteiger partial charge >= 0.3 is 6.03 Å². The molecule has 0 aromatic rings. The molecule has 0 bridgehead atoms. The summed E-state index contributed by atoms with van der Waals surface area (Å²) in [6.45, 7) is 3.98. The largest absolute Gasteiger partial charge is 0.352 e.